The number of furan rings is 1. The summed E-state index contributed by atoms with van der Waals surface area (Å²) in [4.78, 5) is 12.2. The molecular formula is C15H10FNO2. The molecule has 0 fully saturated rings. The van der Waals surface area contributed by atoms with Gasteiger partial charge in [0.1, 0.15) is 11.4 Å². The highest BCUT2D eigenvalue weighted by Gasteiger charge is 2.17. The molecule has 0 unspecified atom stereocenters. The summed E-state index contributed by atoms with van der Waals surface area (Å²) in [5.74, 6) is -0.777. The van der Waals surface area contributed by atoms with Gasteiger partial charge in [0.25, 0.3) is 0 Å². The SMILES string of the molecule is Nc1ccc(F)cc1C(=O)c1cc2ccccc2o1. The van der Waals surface area contributed by atoms with E-state index in [0.29, 0.717) is 5.58 Å². The zero-order valence-electron chi connectivity index (χ0n) is 9.89. The van der Waals surface area contributed by atoms with Crippen molar-refractivity contribution in [2.75, 3.05) is 5.73 Å². The third-order valence-electron chi connectivity index (χ3n) is 2.91. The minimum Gasteiger partial charge on any atom is -0.453 e. The fourth-order valence-electron chi connectivity index (χ4n) is 1.95. The Kier molecular flexibility index (Phi) is 2.56. The van der Waals surface area contributed by atoms with Gasteiger partial charge >= 0.3 is 0 Å². The summed E-state index contributed by atoms with van der Waals surface area (Å²) < 4.78 is 18.6. The van der Waals surface area contributed by atoms with Crippen LogP contribution >= 0.6 is 0 Å². The number of anilines is 1. The van der Waals surface area contributed by atoms with Gasteiger partial charge in [-0.1, -0.05) is 18.2 Å². The van der Waals surface area contributed by atoms with Crippen LogP contribution in [0.4, 0.5) is 10.1 Å². The molecule has 0 spiro atoms. The molecule has 0 aliphatic rings. The van der Waals surface area contributed by atoms with Crippen LogP contribution in [-0.4, -0.2) is 5.78 Å². The van der Waals surface area contributed by atoms with Crippen LogP contribution < -0.4 is 5.73 Å². The van der Waals surface area contributed by atoms with Crippen LogP contribution in [-0.2, 0) is 0 Å². The first-order valence-corrected chi connectivity index (χ1v) is 5.73. The molecule has 0 bridgehead atoms. The maximum absolute atomic E-state index is 13.2. The molecular weight excluding hydrogens is 245 g/mol. The maximum Gasteiger partial charge on any atom is 0.230 e. The fourth-order valence-corrected chi connectivity index (χ4v) is 1.95. The Morgan fingerprint density at radius 2 is 1.89 bits per heavy atom. The second-order valence-electron chi connectivity index (χ2n) is 4.21. The molecule has 4 heteroatoms. The monoisotopic (exact) mass is 255 g/mol. The molecule has 1 heterocycles. The van der Waals surface area contributed by atoms with E-state index in [1.165, 1.54) is 12.1 Å². The number of hydrogen-bond acceptors (Lipinski definition) is 3. The average molecular weight is 255 g/mol. The molecule has 0 saturated heterocycles. The summed E-state index contributed by atoms with van der Waals surface area (Å²) in [6, 6.07) is 12.6. The first kappa shape index (κ1) is 11.5. The number of nitrogen functional groups attached to an aromatic ring is 1. The van der Waals surface area contributed by atoms with Gasteiger partial charge in [0, 0.05) is 11.1 Å². The Labute approximate surface area is 108 Å². The third kappa shape index (κ3) is 1.97. The predicted octanol–water partition coefficient (Wildman–Crippen LogP) is 3.39. The van der Waals surface area contributed by atoms with Crippen LogP contribution in [0.1, 0.15) is 16.1 Å². The zero-order valence-corrected chi connectivity index (χ0v) is 9.89. The van der Waals surface area contributed by atoms with Crippen molar-refractivity contribution in [1.82, 2.24) is 0 Å². The molecule has 3 rings (SSSR count). The summed E-state index contributed by atoms with van der Waals surface area (Å²) in [6.07, 6.45) is 0. The number of para-hydroxylation sites is 1. The summed E-state index contributed by atoms with van der Waals surface area (Å²) in [5, 5.41) is 0.820. The van der Waals surface area contributed by atoms with Crippen molar-refractivity contribution >= 4 is 22.4 Å². The number of carbonyl (C=O) groups is 1. The average Bonchev–Trinajstić information content (AvgIpc) is 2.84. The minimum absolute atomic E-state index is 0.110. The number of benzene rings is 2. The molecule has 0 aliphatic heterocycles. The van der Waals surface area contributed by atoms with Crippen LogP contribution in [0, 0.1) is 5.82 Å². The van der Waals surface area contributed by atoms with E-state index in [4.69, 9.17) is 10.2 Å². The van der Waals surface area contributed by atoms with Gasteiger partial charge in [-0.05, 0) is 30.3 Å². The lowest BCUT2D eigenvalue weighted by atomic mass is 10.1. The Morgan fingerprint density at radius 1 is 1.11 bits per heavy atom. The van der Waals surface area contributed by atoms with E-state index in [-0.39, 0.29) is 17.0 Å². The number of ketones is 1. The van der Waals surface area contributed by atoms with Gasteiger partial charge in [0.2, 0.25) is 5.78 Å². The molecule has 19 heavy (non-hydrogen) atoms. The van der Waals surface area contributed by atoms with Crippen LogP contribution in [0.25, 0.3) is 11.0 Å². The van der Waals surface area contributed by atoms with E-state index in [1.807, 2.05) is 18.2 Å². The molecule has 94 valence electrons. The molecule has 0 radical (unpaired) electrons. The van der Waals surface area contributed by atoms with E-state index in [2.05, 4.69) is 0 Å². The number of carbonyl (C=O) groups excluding carboxylic acids is 1. The highest BCUT2D eigenvalue weighted by atomic mass is 19.1. The molecule has 1 aromatic heterocycles. The first-order valence-electron chi connectivity index (χ1n) is 5.73. The van der Waals surface area contributed by atoms with Gasteiger partial charge in [0.15, 0.2) is 5.76 Å². The van der Waals surface area contributed by atoms with Gasteiger partial charge in [-0.2, -0.15) is 0 Å². The Morgan fingerprint density at radius 3 is 2.68 bits per heavy atom. The summed E-state index contributed by atoms with van der Waals surface area (Å²) in [6.45, 7) is 0. The number of rotatable bonds is 2. The van der Waals surface area contributed by atoms with E-state index in [9.17, 15) is 9.18 Å². The molecule has 0 amide bonds. The first-order chi connectivity index (χ1) is 9.15. The van der Waals surface area contributed by atoms with E-state index in [0.717, 1.165) is 11.5 Å². The van der Waals surface area contributed by atoms with Crippen molar-refractivity contribution in [3.63, 3.8) is 0 Å². The van der Waals surface area contributed by atoms with Gasteiger partial charge in [-0.3, -0.25) is 4.79 Å². The standard InChI is InChI=1S/C15H10FNO2/c16-10-5-6-12(17)11(8-10)15(18)14-7-9-3-1-2-4-13(9)19-14/h1-8H,17H2. The second kappa shape index (κ2) is 4.24. The normalized spacial score (nSPS) is 10.8. The topological polar surface area (TPSA) is 56.2 Å². The number of halogens is 1. The fraction of sp³-hybridized carbons (Fsp3) is 0. The molecule has 2 aromatic carbocycles. The van der Waals surface area contributed by atoms with E-state index >= 15 is 0 Å². The van der Waals surface area contributed by atoms with Gasteiger partial charge in [-0.15, -0.1) is 0 Å². The third-order valence-corrected chi connectivity index (χ3v) is 2.91. The predicted molar refractivity (Wildman–Crippen MR) is 70.5 cm³/mol. The lowest BCUT2D eigenvalue weighted by Crippen LogP contribution is -2.04. The van der Waals surface area contributed by atoms with Gasteiger partial charge in [0.05, 0.1) is 5.56 Å². The van der Waals surface area contributed by atoms with Gasteiger partial charge in [-0.25, -0.2) is 4.39 Å². The lowest BCUT2D eigenvalue weighted by Gasteiger charge is -2.02. The molecule has 0 aliphatic carbocycles. The summed E-state index contributed by atoms with van der Waals surface area (Å²) in [5.41, 5.74) is 6.64. The highest BCUT2D eigenvalue weighted by molar-refractivity contribution is 6.11. The zero-order chi connectivity index (χ0) is 13.4. The minimum atomic E-state index is -0.506. The largest absolute Gasteiger partial charge is 0.453 e. The number of fused-ring (bicyclic) bond motifs is 1. The quantitative estimate of drug-likeness (QED) is 0.564. The number of hydrogen-bond donors (Lipinski definition) is 1. The van der Waals surface area contributed by atoms with E-state index < -0.39 is 11.6 Å². The lowest BCUT2D eigenvalue weighted by molar-refractivity contribution is 0.101. The molecule has 2 N–H and O–H groups in total. The van der Waals surface area contributed by atoms with Crippen molar-refractivity contribution in [3.8, 4) is 0 Å². The highest BCUT2D eigenvalue weighted by Crippen LogP contribution is 2.23. The molecule has 3 nitrogen and oxygen atoms in total. The van der Waals surface area contributed by atoms with Crippen molar-refractivity contribution in [2.24, 2.45) is 0 Å². The van der Waals surface area contributed by atoms with Gasteiger partial charge < -0.3 is 10.2 Å². The molecule has 0 atom stereocenters. The maximum atomic E-state index is 13.2. The van der Waals surface area contributed by atoms with Crippen molar-refractivity contribution in [2.45, 2.75) is 0 Å². The molecule has 0 saturated carbocycles. The van der Waals surface area contributed by atoms with Crippen molar-refractivity contribution in [3.05, 3.63) is 65.7 Å². The van der Waals surface area contributed by atoms with Crippen LogP contribution in [0.5, 0.6) is 0 Å². The van der Waals surface area contributed by atoms with E-state index in [1.54, 1.807) is 12.1 Å². The van der Waals surface area contributed by atoms with Crippen molar-refractivity contribution in [1.29, 1.82) is 0 Å². The Hall–Kier alpha value is -2.62. The number of nitrogens with two attached hydrogens (primary N) is 1. The smallest absolute Gasteiger partial charge is 0.230 e. The Balaban J connectivity index is 2.10. The Bertz CT molecular complexity index is 744. The summed E-state index contributed by atoms with van der Waals surface area (Å²) in [7, 11) is 0. The van der Waals surface area contributed by atoms with Crippen molar-refractivity contribution < 1.29 is 13.6 Å². The van der Waals surface area contributed by atoms with Crippen LogP contribution in [0.3, 0.4) is 0 Å². The molecule has 3 aromatic rings. The van der Waals surface area contributed by atoms with Crippen LogP contribution in [0.2, 0.25) is 0 Å². The summed E-state index contributed by atoms with van der Waals surface area (Å²) >= 11 is 0. The second-order valence-corrected chi connectivity index (χ2v) is 4.21. The van der Waals surface area contributed by atoms with Crippen LogP contribution in [0.15, 0.2) is 52.9 Å².